The van der Waals surface area contributed by atoms with E-state index in [1.807, 2.05) is 36.2 Å². The second-order valence-corrected chi connectivity index (χ2v) is 6.68. The molecule has 0 aliphatic carbocycles. The number of benzene rings is 1. The Labute approximate surface area is 166 Å². The van der Waals surface area contributed by atoms with E-state index in [4.69, 9.17) is 9.47 Å². The SMILES string of the molecule is C=CCOc1ccc(CN(C)CC(=O)c2c(C)[nH]c(C)c2C(=O)OCC)cc1. The maximum Gasteiger partial charge on any atom is 0.340 e. The zero-order valence-corrected chi connectivity index (χ0v) is 17.0. The van der Waals surface area contributed by atoms with Gasteiger partial charge in [0, 0.05) is 17.9 Å². The van der Waals surface area contributed by atoms with Crippen LogP contribution in [0.4, 0.5) is 0 Å². The number of ketones is 1. The normalized spacial score (nSPS) is 10.8. The monoisotopic (exact) mass is 384 g/mol. The summed E-state index contributed by atoms with van der Waals surface area (Å²) in [7, 11) is 1.87. The molecule has 150 valence electrons. The van der Waals surface area contributed by atoms with Crippen LogP contribution < -0.4 is 4.74 Å². The number of aromatic nitrogens is 1. The molecule has 0 atom stereocenters. The van der Waals surface area contributed by atoms with Crippen molar-refractivity contribution < 1.29 is 19.1 Å². The van der Waals surface area contributed by atoms with Gasteiger partial charge in [-0.1, -0.05) is 24.8 Å². The van der Waals surface area contributed by atoms with Gasteiger partial charge >= 0.3 is 5.97 Å². The van der Waals surface area contributed by atoms with Gasteiger partial charge in [0.25, 0.3) is 0 Å². The van der Waals surface area contributed by atoms with Crippen LogP contribution in [0.2, 0.25) is 0 Å². The summed E-state index contributed by atoms with van der Waals surface area (Å²) in [5.41, 5.74) is 3.14. The van der Waals surface area contributed by atoms with E-state index in [0.717, 1.165) is 11.3 Å². The van der Waals surface area contributed by atoms with E-state index in [1.165, 1.54) is 0 Å². The number of nitrogens with one attached hydrogen (secondary N) is 1. The molecule has 1 N–H and O–H groups in total. The lowest BCUT2D eigenvalue weighted by Gasteiger charge is -2.16. The minimum absolute atomic E-state index is 0.113. The maximum absolute atomic E-state index is 12.9. The number of Topliss-reactive ketones (excluding diaryl/α,β-unsaturated/α-hetero) is 1. The number of carbonyl (C=O) groups is 2. The van der Waals surface area contributed by atoms with Gasteiger partial charge in [0.05, 0.1) is 24.3 Å². The quantitative estimate of drug-likeness (QED) is 0.384. The van der Waals surface area contributed by atoms with E-state index < -0.39 is 5.97 Å². The molecule has 0 aliphatic rings. The number of ether oxygens (including phenoxy) is 2. The van der Waals surface area contributed by atoms with Gasteiger partial charge in [0.2, 0.25) is 0 Å². The van der Waals surface area contributed by atoms with E-state index in [9.17, 15) is 9.59 Å². The number of likely N-dealkylation sites (N-methyl/N-ethyl adjacent to an activating group) is 1. The van der Waals surface area contributed by atoms with Gasteiger partial charge in [-0.25, -0.2) is 4.79 Å². The first kappa shape index (κ1) is 21.4. The van der Waals surface area contributed by atoms with Crippen molar-refractivity contribution in [2.24, 2.45) is 0 Å². The first-order valence-electron chi connectivity index (χ1n) is 9.28. The summed E-state index contributed by atoms with van der Waals surface area (Å²) in [6.45, 7) is 10.5. The van der Waals surface area contributed by atoms with Crippen molar-refractivity contribution in [1.82, 2.24) is 9.88 Å². The Morgan fingerprint density at radius 3 is 2.39 bits per heavy atom. The molecule has 0 radical (unpaired) electrons. The summed E-state index contributed by atoms with van der Waals surface area (Å²) in [4.78, 5) is 30.1. The lowest BCUT2D eigenvalue weighted by molar-refractivity contribution is 0.0522. The van der Waals surface area contributed by atoms with Crippen LogP contribution in [0.1, 0.15) is 44.6 Å². The van der Waals surface area contributed by atoms with Crippen LogP contribution in [0.3, 0.4) is 0 Å². The molecular weight excluding hydrogens is 356 g/mol. The molecule has 0 bridgehead atoms. The lowest BCUT2D eigenvalue weighted by Crippen LogP contribution is -2.27. The van der Waals surface area contributed by atoms with Crippen molar-refractivity contribution >= 4 is 11.8 Å². The molecule has 1 aromatic carbocycles. The average molecular weight is 384 g/mol. The summed E-state index contributed by atoms with van der Waals surface area (Å²) in [5.74, 6) is 0.198. The highest BCUT2D eigenvalue weighted by atomic mass is 16.5. The zero-order valence-electron chi connectivity index (χ0n) is 17.0. The molecule has 0 saturated heterocycles. The highest BCUT2D eigenvalue weighted by Crippen LogP contribution is 2.21. The van der Waals surface area contributed by atoms with Gasteiger partial charge in [-0.05, 0) is 45.5 Å². The number of hydrogen-bond donors (Lipinski definition) is 1. The molecule has 0 aliphatic heterocycles. The van der Waals surface area contributed by atoms with Crippen LogP contribution in [0.15, 0.2) is 36.9 Å². The van der Waals surface area contributed by atoms with Gasteiger partial charge in [-0.15, -0.1) is 0 Å². The molecule has 0 unspecified atom stereocenters. The van der Waals surface area contributed by atoms with Crippen molar-refractivity contribution in [2.45, 2.75) is 27.3 Å². The van der Waals surface area contributed by atoms with Crippen LogP contribution >= 0.6 is 0 Å². The third-order valence-corrected chi connectivity index (χ3v) is 4.29. The number of H-pyrrole nitrogens is 1. The maximum atomic E-state index is 12.9. The molecule has 0 amide bonds. The van der Waals surface area contributed by atoms with Gasteiger partial charge in [0.15, 0.2) is 5.78 Å². The van der Waals surface area contributed by atoms with Gasteiger partial charge in [0.1, 0.15) is 12.4 Å². The summed E-state index contributed by atoms with van der Waals surface area (Å²) in [5, 5.41) is 0. The molecule has 0 spiro atoms. The van der Waals surface area contributed by atoms with E-state index in [2.05, 4.69) is 11.6 Å². The van der Waals surface area contributed by atoms with Crippen LogP contribution in [0, 0.1) is 13.8 Å². The summed E-state index contributed by atoms with van der Waals surface area (Å²) >= 11 is 0. The largest absolute Gasteiger partial charge is 0.490 e. The molecule has 6 nitrogen and oxygen atoms in total. The highest BCUT2D eigenvalue weighted by molar-refractivity contribution is 6.09. The summed E-state index contributed by atoms with van der Waals surface area (Å²) < 4.78 is 10.6. The van der Waals surface area contributed by atoms with E-state index >= 15 is 0 Å². The lowest BCUT2D eigenvalue weighted by atomic mass is 10.0. The number of rotatable bonds is 10. The predicted octanol–water partition coefficient (Wildman–Crippen LogP) is 3.69. The predicted molar refractivity (Wildman–Crippen MR) is 109 cm³/mol. The Morgan fingerprint density at radius 2 is 1.79 bits per heavy atom. The van der Waals surface area contributed by atoms with Gasteiger partial charge < -0.3 is 14.5 Å². The third kappa shape index (κ3) is 5.33. The zero-order chi connectivity index (χ0) is 20.7. The molecule has 6 heteroatoms. The second kappa shape index (κ2) is 9.90. The average Bonchev–Trinajstić information content (AvgIpc) is 2.95. The number of aryl methyl sites for hydroxylation is 2. The molecule has 1 aromatic heterocycles. The van der Waals surface area contributed by atoms with Crippen LogP contribution in [0.25, 0.3) is 0 Å². The van der Waals surface area contributed by atoms with Gasteiger partial charge in [-0.3, -0.25) is 9.69 Å². The van der Waals surface area contributed by atoms with Crippen molar-refractivity contribution in [3.05, 3.63) is 65.0 Å². The topological polar surface area (TPSA) is 71.6 Å². The minimum Gasteiger partial charge on any atom is -0.490 e. The molecular formula is C22H28N2O4. The molecule has 2 rings (SSSR count). The standard InChI is InChI=1S/C22H28N2O4/c1-6-12-28-18-10-8-17(9-11-18)13-24(5)14-19(25)20-15(3)23-16(4)21(20)22(26)27-7-2/h6,8-11,23H,1,7,12-14H2,2-5H3. The number of aromatic amines is 1. The first-order valence-corrected chi connectivity index (χ1v) is 9.28. The van der Waals surface area contributed by atoms with Crippen LogP contribution in [0.5, 0.6) is 5.75 Å². The van der Waals surface area contributed by atoms with E-state index in [1.54, 1.807) is 26.8 Å². The number of hydrogen-bond acceptors (Lipinski definition) is 5. The number of esters is 1. The highest BCUT2D eigenvalue weighted by Gasteiger charge is 2.25. The van der Waals surface area contributed by atoms with Gasteiger partial charge in [-0.2, -0.15) is 0 Å². The fraction of sp³-hybridized carbons (Fsp3) is 0.364. The Balaban J connectivity index is 2.06. The summed E-state index contributed by atoms with van der Waals surface area (Å²) in [6.07, 6.45) is 1.70. The van der Waals surface area contributed by atoms with Crippen molar-refractivity contribution in [2.75, 3.05) is 26.8 Å². The Bertz CT molecular complexity index is 837. The minimum atomic E-state index is -0.467. The summed E-state index contributed by atoms with van der Waals surface area (Å²) in [6, 6.07) is 7.73. The Morgan fingerprint density at radius 1 is 1.14 bits per heavy atom. The Kier molecular flexibility index (Phi) is 7.58. The van der Waals surface area contributed by atoms with Crippen LogP contribution in [-0.2, 0) is 11.3 Å². The number of nitrogens with zero attached hydrogens (tertiary/aromatic N) is 1. The molecule has 2 aromatic rings. The third-order valence-electron chi connectivity index (χ3n) is 4.29. The number of carbonyl (C=O) groups excluding carboxylic acids is 2. The van der Waals surface area contributed by atoms with Crippen molar-refractivity contribution in [3.8, 4) is 5.75 Å². The van der Waals surface area contributed by atoms with E-state index in [-0.39, 0.29) is 18.9 Å². The smallest absolute Gasteiger partial charge is 0.340 e. The van der Waals surface area contributed by atoms with E-state index in [0.29, 0.717) is 35.7 Å². The molecule has 0 fully saturated rings. The fourth-order valence-electron chi connectivity index (χ4n) is 3.13. The fourth-order valence-corrected chi connectivity index (χ4v) is 3.13. The Hall–Kier alpha value is -2.86. The molecule has 28 heavy (non-hydrogen) atoms. The van der Waals surface area contributed by atoms with Crippen molar-refractivity contribution in [3.63, 3.8) is 0 Å². The molecule has 1 heterocycles. The second-order valence-electron chi connectivity index (χ2n) is 6.68. The first-order chi connectivity index (χ1) is 13.4. The van der Waals surface area contributed by atoms with Crippen LogP contribution in [-0.4, -0.2) is 48.4 Å². The molecule has 0 saturated carbocycles. The van der Waals surface area contributed by atoms with Crippen molar-refractivity contribution in [1.29, 1.82) is 0 Å².